The third-order valence-corrected chi connectivity index (χ3v) is 3.44. The molecule has 0 spiro atoms. The summed E-state index contributed by atoms with van der Waals surface area (Å²) in [5.74, 6) is 2.95. The lowest BCUT2D eigenvalue weighted by atomic mass is 9.84. The van der Waals surface area contributed by atoms with Crippen LogP contribution in [0.25, 0.3) is 0 Å². The van der Waals surface area contributed by atoms with Gasteiger partial charge in [-0.1, -0.05) is 5.92 Å². The van der Waals surface area contributed by atoms with E-state index in [9.17, 15) is 4.39 Å². The molecule has 0 amide bonds. The van der Waals surface area contributed by atoms with Gasteiger partial charge in [0.1, 0.15) is 5.84 Å². The van der Waals surface area contributed by atoms with Crippen LogP contribution in [0.5, 0.6) is 0 Å². The molecular formula is C14H21FN2O. The van der Waals surface area contributed by atoms with Crippen LogP contribution in [-0.4, -0.2) is 31.9 Å². The van der Waals surface area contributed by atoms with Gasteiger partial charge < -0.3 is 9.64 Å². The van der Waals surface area contributed by atoms with Crippen LogP contribution in [0, 0.1) is 23.7 Å². The van der Waals surface area contributed by atoms with Crippen molar-refractivity contribution < 1.29 is 9.13 Å². The number of ether oxygens (including phenoxy) is 1. The number of rotatable bonds is 4. The van der Waals surface area contributed by atoms with Crippen molar-refractivity contribution in [2.75, 3.05) is 21.2 Å². The first-order valence-corrected chi connectivity index (χ1v) is 6.01. The highest BCUT2D eigenvalue weighted by Crippen LogP contribution is 2.50. The quantitative estimate of drug-likeness (QED) is 0.333. The average Bonchev–Trinajstić information content (AvgIpc) is 3.17. The largest absolute Gasteiger partial charge is 0.479 e. The smallest absolute Gasteiger partial charge is 0.249 e. The second kappa shape index (κ2) is 5.43. The van der Waals surface area contributed by atoms with Crippen molar-refractivity contribution in [3.05, 3.63) is 11.7 Å². The van der Waals surface area contributed by atoms with E-state index in [2.05, 4.69) is 10.9 Å². The van der Waals surface area contributed by atoms with Crippen molar-refractivity contribution in [3.8, 4) is 12.3 Å². The van der Waals surface area contributed by atoms with Gasteiger partial charge in [-0.15, -0.1) is 6.42 Å². The van der Waals surface area contributed by atoms with E-state index in [1.807, 2.05) is 14.1 Å². The molecule has 0 bridgehead atoms. The Hall–Kier alpha value is -1.50. The number of amidine groups is 1. The van der Waals surface area contributed by atoms with Crippen molar-refractivity contribution in [1.29, 1.82) is 0 Å². The molecule has 1 unspecified atom stereocenters. The number of allylic oxidation sites excluding steroid dienone is 1. The van der Waals surface area contributed by atoms with Gasteiger partial charge in [-0.2, -0.15) is 4.99 Å². The van der Waals surface area contributed by atoms with Crippen LogP contribution in [0.4, 0.5) is 4.39 Å². The van der Waals surface area contributed by atoms with E-state index in [0.29, 0.717) is 5.84 Å². The van der Waals surface area contributed by atoms with Gasteiger partial charge in [0.05, 0.1) is 12.5 Å². The molecule has 1 saturated carbocycles. The molecule has 0 aliphatic heterocycles. The first-order valence-electron chi connectivity index (χ1n) is 6.01. The predicted octanol–water partition coefficient (Wildman–Crippen LogP) is 2.80. The van der Waals surface area contributed by atoms with Gasteiger partial charge in [-0.25, -0.2) is 4.39 Å². The van der Waals surface area contributed by atoms with Crippen molar-refractivity contribution in [1.82, 2.24) is 4.90 Å². The summed E-state index contributed by atoms with van der Waals surface area (Å²) in [5.41, 5.74) is -0.901. The molecule has 1 aliphatic rings. The Balaban J connectivity index is 3.14. The van der Waals surface area contributed by atoms with E-state index in [1.165, 1.54) is 7.11 Å². The fraction of sp³-hybridized carbons (Fsp3) is 0.643. The van der Waals surface area contributed by atoms with Crippen LogP contribution in [0.3, 0.4) is 0 Å². The third kappa shape index (κ3) is 2.84. The van der Waals surface area contributed by atoms with Gasteiger partial charge in [-0.3, -0.25) is 0 Å². The molecule has 0 aromatic rings. The molecule has 0 aromatic carbocycles. The molecule has 1 aliphatic carbocycles. The Morgan fingerprint density at radius 2 is 2.06 bits per heavy atom. The summed E-state index contributed by atoms with van der Waals surface area (Å²) in [6.45, 7) is 3.52. The van der Waals surface area contributed by atoms with Gasteiger partial charge in [-0.05, 0) is 32.6 Å². The minimum atomic E-state index is -0.901. The number of aliphatic imine (C=N–C) groups is 1. The van der Waals surface area contributed by atoms with Crippen molar-refractivity contribution in [3.63, 3.8) is 0 Å². The molecule has 0 N–H and O–H groups in total. The normalized spacial score (nSPS) is 20.6. The topological polar surface area (TPSA) is 24.8 Å². The molecule has 1 atom stereocenters. The van der Waals surface area contributed by atoms with Crippen molar-refractivity contribution in [2.45, 2.75) is 26.7 Å². The second-order valence-electron chi connectivity index (χ2n) is 5.00. The lowest BCUT2D eigenvalue weighted by molar-refractivity contribution is 0.241. The Labute approximate surface area is 109 Å². The molecule has 4 heteroatoms. The third-order valence-electron chi connectivity index (χ3n) is 3.44. The summed E-state index contributed by atoms with van der Waals surface area (Å²) in [5, 5.41) is 0. The lowest BCUT2D eigenvalue weighted by Gasteiger charge is -2.22. The molecule has 0 aromatic heterocycles. The van der Waals surface area contributed by atoms with Crippen LogP contribution >= 0.6 is 0 Å². The van der Waals surface area contributed by atoms with Gasteiger partial charge in [0.2, 0.25) is 5.88 Å². The summed E-state index contributed by atoms with van der Waals surface area (Å²) < 4.78 is 19.6. The molecule has 0 radical (unpaired) electrons. The zero-order chi connectivity index (χ0) is 13.9. The van der Waals surface area contributed by atoms with E-state index in [0.717, 1.165) is 12.8 Å². The van der Waals surface area contributed by atoms with Crippen molar-refractivity contribution in [2.24, 2.45) is 16.3 Å². The van der Waals surface area contributed by atoms with E-state index in [-0.39, 0.29) is 11.8 Å². The lowest BCUT2D eigenvalue weighted by Crippen LogP contribution is -2.21. The van der Waals surface area contributed by atoms with Crippen LogP contribution in [0.1, 0.15) is 26.7 Å². The van der Waals surface area contributed by atoms with Crippen LogP contribution < -0.4 is 0 Å². The standard InChI is InChI=1S/C14H21FN2O/c1-7-14(3,11-8-9-11)12(15)13(18-6)16-10(2)17(4)5/h1,11H,8-9H2,2-6H3/b13-12-,16-10+. The average molecular weight is 252 g/mol. The van der Waals surface area contributed by atoms with E-state index in [1.54, 1.807) is 18.7 Å². The van der Waals surface area contributed by atoms with Crippen LogP contribution in [0.15, 0.2) is 16.7 Å². The fourth-order valence-electron chi connectivity index (χ4n) is 1.67. The molecular weight excluding hydrogens is 231 g/mol. The molecule has 100 valence electrons. The second-order valence-corrected chi connectivity index (χ2v) is 5.00. The zero-order valence-electron chi connectivity index (χ0n) is 11.7. The molecule has 1 fully saturated rings. The molecule has 0 saturated heterocycles. The van der Waals surface area contributed by atoms with Gasteiger partial charge >= 0.3 is 0 Å². The fourth-order valence-corrected chi connectivity index (χ4v) is 1.67. The summed E-state index contributed by atoms with van der Waals surface area (Å²) >= 11 is 0. The summed E-state index contributed by atoms with van der Waals surface area (Å²) in [6, 6.07) is 0. The van der Waals surface area contributed by atoms with Gasteiger partial charge in [0.25, 0.3) is 0 Å². The van der Waals surface area contributed by atoms with Gasteiger partial charge in [0.15, 0.2) is 5.83 Å². The van der Waals surface area contributed by atoms with E-state index >= 15 is 0 Å². The SMILES string of the molecule is C#CC(C)(/C(F)=C(\N=C(/C)N(C)C)OC)C1CC1. The minimum absolute atomic E-state index is 0.0199. The van der Waals surface area contributed by atoms with Gasteiger partial charge in [0, 0.05) is 14.1 Å². The minimum Gasteiger partial charge on any atom is -0.479 e. The summed E-state index contributed by atoms with van der Waals surface area (Å²) in [7, 11) is 5.09. The highest BCUT2D eigenvalue weighted by atomic mass is 19.1. The molecule has 1 rings (SSSR count). The van der Waals surface area contributed by atoms with E-state index in [4.69, 9.17) is 11.2 Å². The van der Waals surface area contributed by atoms with Crippen LogP contribution in [-0.2, 0) is 4.74 Å². The summed E-state index contributed by atoms with van der Waals surface area (Å²) in [6.07, 6.45) is 7.41. The maximum atomic E-state index is 14.5. The van der Waals surface area contributed by atoms with E-state index < -0.39 is 11.2 Å². The predicted molar refractivity (Wildman–Crippen MR) is 71.6 cm³/mol. The molecule has 0 heterocycles. The Morgan fingerprint density at radius 1 is 1.50 bits per heavy atom. The Morgan fingerprint density at radius 3 is 2.39 bits per heavy atom. The first kappa shape index (κ1) is 14.6. The summed E-state index contributed by atoms with van der Waals surface area (Å²) in [4.78, 5) is 5.94. The maximum Gasteiger partial charge on any atom is 0.249 e. The highest BCUT2D eigenvalue weighted by Gasteiger charge is 2.45. The van der Waals surface area contributed by atoms with Crippen molar-refractivity contribution >= 4 is 5.84 Å². The number of terminal acetylenes is 1. The maximum absolute atomic E-state index is 14.5. The number of halogens is 1. The monoisotopic (exact) mass is 252 g/mol. The number of hydrogen-bond donors (Lipinski definition) is 0. The first-order chi connectivity index (χ1) is 8.36. The Bertz CT molecular complexity index is 416. The highest BCUT2D eigenvalue weighted by molar-refractivity contribution is 5.80. The number of hydrogen-bond acceptors (Lipinski definition) is 2. The molecule has 3 nitrogen and oxygen atoms in total. The van der Waals surface area contributed by atoms with Crippen LogP contribution in [0.2, 0.25) is 0 Å². The number of nitrogens with zero attached hydrogens (tertiary/aromatic N) is 2. The zero-order valence-corrected chi connectivity index (χ0v) is 11.7. The number of methoxy groups -OCH3 is 1. The Kier molecular flexibility index (Phi) is 4.39. The molecule has 18 heavy (non-hydrogen) atoms.